The van der Waals surface area contributed by atoms with Crippen molar-refractivity contribution in [2.24, 2.45) is 0 Å². The Kier molecular flexibility index (Phi) is 3.62. The van der Waals surface area contributed by atoms with E-state index in [0.717, 1.165) is 18.2 Å². The fourth-order valence-corrected chi connectivity index (χ4v) is 4.41. The van der Waals surface area contributed by atoms with Crippen LogP contribution in [0.1, 0.15) is 30.9 Å². The van der Waals surface area contributed by atoms with Gasteiger partial charge in [0.05, 0.1) is 16.2 Å². The first-order chi connectivity index (χ1) is 9.10. The van der Waals surface area contributed by atoms with E-state index in [4.69, 9.17) is 5.11 Å². The first-order valence-electron chi connectivity index (χ1n) is 6.15. The number of hydrogen-bond donors (Lipinski definition) is 1. The standard InChI is InChI=1S/C13H15F3O3S/c1-12(4-6-17)5-7-20(18,19)11-3-2-9(8-10(11)12)13(14,15)16/h2-3,8,17H,4-7H2,1H3. The first-order valence-corrected chi connectivity index (χ1v) is 7.81. The van der Waals surface area contributed by atoms with E-state index in [1.807, 2.05) is 0 Å². The lowest BCUT2D eigenvalue weighted by molar-refractivity contribution is -0.137. The van der Waals surface area contributed by atoms with Crippen LogP contribution in [-0.2, 0) is 21.4 Å². The highest BCUT2D eigenvalue weighted by Crippen LogP contribution is 2.43. The van der Waals surface area contributed by atoms with Gasteiger partial charge < -0.3 is 5.11 Å². The van der Waals surface area contributed by atoms with Crippen molar-refractivity contribution in [3.05, 3.63) is 29.3 Å². The molecule has 20 heavy (non-hydrogen) atoms. The van der Waals surface area contributed by atoms with Crippen molar-refractivity contribution in [2.45, 2.75) is 36.3 Å². The summed E-state index contributed by atoms with van der Waals surface area (Å²) >= 11 is 0. The summed E-state index contributed by atoms with van der Waals surface area (Å²) in [6, 6.07) is 2.73. The molecule has 0 radical (unpaired) electrons. The molecule has 1 N–H and O–H groups in total. The van der Waals surface area contributed by atoms with Crippen molar-refractivity contribution in [1.29, 1.82) is 0 Å². The highest BCUT2D eigenvalue weighted by atomic mass is 32.2. The van der Waals surface area contributed by atoms with Gasteiger partial charge in [-0.25, -0.2) is 8.42 Å². The number of alkyl halides is 3. The maximum atomic E-state index is 12.8. The number of aliphatic hydroxyl groups excluding tert-OH is 1. The summed E-state index contributed by atoms with van der Waals surface area (Å²) < 4.78 is 62.3. The van der Waals surface area contributed by atoms with Crippen molar-refractivity contribution < 1.29 is 26.7 Å². The maximum absolute atomic E-state index is 12.8. The van der Waals surface area contributed by atoms with Gasteiger partial charge in [0.1, 0.15) is 0 Å². The first kappa shape index (κ1) is 15.3. The number of sulfone groups is 1. The van der Waals surface area contributed by atoms with E-state index >= 15 is 0 Å². The molecule has 0 fully saturated rings. The predicted octanol–water partition coefficient (Wildman–Crippen LogP) is 2.52. The van der Waals surface area contributed by atoms with Crippen LogP contribution in [0, 0.1) is 0 Å². The molecular weight excluding hydrogens is 293 g/mol. The second-order valence-corrected chi connectivity index (χ2v) is 7.39. The highest BCUT2D eigenvalue weighted by molar-refractivity contribution is 7.91. The van der Waals surface area contributed by atoms with Crippen molar-refractivity contribution in [1.82, 2.24) is 0 Å². The van der Waals surface area contributed by atoms with Crippen LogP contribution in [0.2, 0.25) is 0 Å². The van der Waals surface area contributed by atoms with E-state index < -0.39 is 27.0 Å². The van der Waals surface area contributed by atoms with E-state index in [9.17, 15) is 21.6 Å². The molecule has 0 saturated heterocycles. The van der Waals surface area contributed by atoms with E-state index in [-0.39, 0.29) is 35.7 Å². The Bertz CT molecular complexity index is 622. The lowest BCUT2D eigenvalue weighted by Gasteiger charge is -2.35. The quantitative estimate of drug-likeness (QED) is 0.913. The Morgan fingerprint density at radius 3 is 2.55 bits per heavy atom. The zero-order valence-corrected chi connectivity index (χ0v) is 11.7. The lowest BCUT2D eigenvalue weighted by Crippen LogP contribution is -2.34. The van der Waals surface area contributed by atoms with Crippen LogP contribution in [0.5, 0.6) is 0 Å². The van der Waals surface area contributed by atoms with E-state index in [1.54, 1.807) is 6.92 Å². The summed E-state index contributed by atoms with van der Waals surface area (Å²) in [6.07, 6.45) is -4.07. The zero-order chi connectivity index (χ0) is 15.2. The minimum atomic E-state index is -4.52. The van der Waals surface area contributed by atoms with Gasteiger partial charge in [-0.05, 0) is 42.0 Å². The highest BCUT2D eigenvalue weighted by Gasteiger charge is 2.40. The van der Waals surface area contributed by atoms with Crippen molar-refractivity contribution in [3.63, 3.8) is 0 Å². The van der Waals surface area contributed by atoms with Crippen molar-refractivity contribution in [3.8, 4) is 0 Å². The largest absolute Gasteiger partial charge is 0.416 e. The second kappa shape index (κ2) is 4.73. The van der Waals surface area contributed by atoms with Crippen molar-refractivity contribution >= 4 is 9.84 Å². The third-order valence-corrected chi connectivity index (χ3v) is 5.65. The smallest absolute Gasteiger partial charge is 0.396 e. The van der Waals surface area contributed by atoms with Gasteiger partial charge in [-0.1, -0.05) is 6.92 Å². The molecule has 0 saturated carbocycles. The van der Waals surface area contributed by atoms with Gasteiger partial charge in [-0.15, -0.1) is 0 Å². The molecule has 1 aliphatic rings. The third-order valence-electron chi connectivity index (χ3n) is 3.88. The van der Waals surface area contributed by atoms with Crippen molar-refractivity contribution in [2.75, 3.05) is 12.4 Å². The number of rotatable bonds is 2. The Balaban J connectivity index is 2.67. The molecular formula is C13H15F3O3S. The van der Waals surface area contributed by atoms with Gasteiger partial charge >= 0.3 is 6.18 Å². The number of benzene rings is 1. The van der Waals surface area contributed by atoms with Gasteiger partial charge in [0.25, 0.3) is 0 Å². The van der Waals surface area contributed by atoms with Crippen LogP contribution in [0.15, 0.2) is 23.1 Å². The van der Waals surface area contributed by atoms with E-state index in [1.165, 1.54) is 0 Å². The number of aliphatic hydroxyl groups is 1. The third kappa shape index (κ3) is 2.56. The minimum Gasteiger partial charge on any atom is -0.396 e. The van der Waals surface area contributed by atoms with Crippen LogP contribution < -0.4 is 0 Å². The van der Waals surface area contributed by atoms with Gasteiger partial charge in [0, 0.05) is 6.61 Å². The summed E-state index contributed by atoms with van der Waals surface area (Å²) in [7, 11) is -3.54. The topological polar surface area (TPSA) is 54.4 Å². The lowest BCUT2D eigenvalue weighted by atomic mass is 9.76. The molecule has 1 atom stereocenters. The molecule has 1 aromatic carbocycles. The number of hydrogen-bond acceptors (Lipinski definition) is 3. The zero-order valence-electron chi connectivity index (χ0n) is 10.9. The number of fused-ring (bicyclic) bond motifs is 1. The molecule has 1 aromatic rings. The number of halogens is 3. The fourth-order valence-electron chi connectivity index (χ4n) is 2.56. The summed E-state index contributed by atoms with van der Waals surface area (Å²) in [4.78, 5) is -0.0484. The predicted molar refractivity (Wildman–Crippen MR) is 67.2 cm³/mol. The molecule has 1 aliphatic heterocycles. The van der Waals surface area contributed by atoms with Gasteiger partial charge in [-0.3, -0.25) is 0 Å². The van der Waals surface area contributed by atoms with Crippen LogP contribution in [0.25, 0.3) is 0 Å². The molecule has 0 spiro atoms. The summed E-state index contributed by atoms with van der Waals surface area (Å²) in [5.74, 6) is -0.109. The molecule has 1 heterocycles. The normalized spacial score (nSPS) is 25.2. The fraction of sp³-hybridized carbons (Fsp3) is 0.538. The molecule has 2 rings (SSSR count). The molecule has 1 unspecified atom stereocenters. The van der Waals surface area contributed by atoms with Crippen LogP contribution in [0.4, 0.5) is 13.2 Å². The van der Waals surface area contributed by atoms with Crippen LogP contribution in [0.3, 0.4) is 0 Å². The SMILES string of the molecule is CC1(CCO)CCS(=O)(=O)c2ccc(C(F)(F)F)cc21. The maximum Gasteiger partial charge on any atom is 0.416 e. The summed E-state index contributed by atoms with van der Waals surface area (Å²) in [5, 5.41) is 9.10. The average Bonchev–Trinajstić information content (AvgIpc) is 2.34. The van der Waals surface area contributed by atoms with E-state index in [0.29, 0.717) is 0 Å². The molecule has 0 aromatic heterocycles. The average molecular weight is 308 g/mol. The molecule has 112 valence electrons. The monoisotopic (exact) mass is 308 g/mol. The molecule has 0 bridgehead atoms. The minimum absolute atomic E-state index is 0.0484. The Labute approximate surface area is 115 Å². The molecule has 0 amide bonds. The molecule has 3 nitrogen and oxygen atoms in total. The second-order valence-electron chi connectivity index (χ2n) is 5.31. The van der Waals surface area contributed by atoms with E-state index in [2.05, 4.69) is 0 Å². The van der Waals surface area contributed by atoms with Crippen LogP contribution >= 0.6 is 0 Å². The Morgan fingerprint density at radius 2 is 2.00 bits per heavy atom. The van der Waals surface area contributed by atoms with Gasteiger partial charge in [0.15, 0.2) is 9.84 Å². The van der Waals surface area contributed by atoms with Gasteiger partial charge in [0.2, 0.25) is 0 Å². The summed E-state index contributed by atoms with van der Waals surface area (Å²) in [6.45, 7) is 1.49. The van der Waals surface area contributed by atoms with Crippen LogP contribution in [-0.4, -0.2) is 25.9 Å². The Morgan fingerprint density at radius 1 is 1.35 bits per heavy atom. The molecule has 0 aliphatic carbocycles. The molecule has 7 heteroatoms. The van der Waals surface area contributed by atoms with Gasteiger partial charge in [-0.2, -0.15) is 13.2 Å². The Hall–Kier alpha value is -1.08. The summed E-state index contributed by atoms with van der Waals surface area (Å²) in [5.41, 5.74) is -1.46.